The van der Waals surface area contributed by atoms with E-state index in [-0.39, 0.29) is 5.82 Å². The van der Waals surface area contributed by atoms with Crippen LogP contribution in [0.5, 0.6) is 0 Å². The fraction of sp³-hybridized carbons (Fsp3) is 0.357. The third kappa shape index (κ3) is 1.62. The van der Waals surface area contributed by atoms with Crippen LogP contribution in [0, 0.1) is 12.7 Å². The number of benzene rings is 1. The van der Waals surface area contributed by atoms with Gasteiger partial charge < -0.3 is 0 Å². The zero-order valence-electron chi connectivity index (χ0n) is 9.69. The normalized spacial score (nSPS) is 15.0. The topological polar surface area (TPSA) is 12.9 Å². The summed E-state index contributed by atoms with van der Waals surface area (Å²) < 4.78 is 13.9. The second-order valence-electron chi connectivity index (χ2n) is 4.65. The van der Waals surface area contributed by atoms with Crippen molar-refractivity contribution in [3.05, 3.63) is 39.8 Å². The Kier molecular flexibility index (Phi) is 2.55. The highest BCUT2D eigenvalue weighted by Crippen LogP contribution is 2.35. The molecule has 3 rings (SSSR count). The average molecular weight is 250 g/mol. The van der Waals surface area contributed by atoms with E-state index in [1.165, 1.54) is 6.07 Å². The molecule has 0 N–H and O–H groups in total. The van der Waals surface area contributed by atoms with Gasteiger partial charge in [-0.3, -0.25) is 4.98 Å². The summed E-state index contributed by atoms with van der Waals surface area (Å²) in [5, 5.41) is 1.07. The first-order chi connectivity index (χ1) is 8.18. The lowest BCUT2D eigenvalue weighted by atomic mass is 9.94. The standard InChI is InChI=1S/C14H13ClFN/c1-8-6-7-10(16)12-13(15)9-4-2-3-5-11(9)17-14(8)12/h6-7H,2-5H2,1H3. The SMILES string of the molecule is Cc1ccc(F)c2c(Cl)c3c(nc12)CCCC3. The highest BCUT2D eigenvalue weighted by Gasteiger charge is 2.19. The molecular weight excluding hydrogens is 237 g/mol. The maximum Gasteiger partial charge on any atom is 0.134 e. The molecular formula is C14H13ClFN. The molecule has 1 heterocycles. The number of fused-ring (bicyclic) bond motifs is 2. The number of rotatable bonds is 0. The van der Waals surface area contributed by atoms with E-state index in [9.17, 15) is 4.39 Å². The number of halogens is 2. The van der Waals surface area contributed by atoms with Crippen LogP contribution in [0.15, 0.2) is 12.1 Å². The van der Waals surface area contributed by atoms with Crippen LogP contribution in [0.25, 0.3) is 10.9 Å². The van der Waals surface area contributed by atoms with Crippen LogP contribution in [0.1, 0.15) is 29.7 Å². The van der Waals surface area contributed by atoms with Gasteiger partial charge in [-0.1, -0.05) is 17.7 Å². The average Bonchev–Trinajstić information content (AvgIpc) is 2.34. The third-order valence-corrected chi connectivity index (χ3v) is 3.92. The van der Waals surface area contributed by atoms with E-state index in [1.54, 1.807) is 6.07 Å². The minimum atomic E-state index is -0.267. The van der Waals surface area contributed by atoms with Crippen molar-refractivity contribution in [1.29, 1.82) is 0 Å². The summed E-state index contributed by atoms with van der Waals surface area (Å²) >= 11 is 6.36. The van der Waals surface area contributed by atoms with E-state index >= 15 is 0 Å². The summed E-state index contributed by atoms with van der Waals surface area (Å²) in [5.74, 6) is -0.267. The van der Waals surface area contributed by atoms with E-state index in [4.69, 9.17) is 11.6 Å². The Bertz CT molecular complexity index is 607. The number of nitrogens with zero attached hydrogens (tertiary/aromatic N) is 1. The predicted octanol–water partition coefficient (Wildman–Crippen LogP) is 4.21. The van der Waals surface area contributed by atoms with Crippen molar-refractivity contribution in [2.75, 3.05) is 0 Å². The van der Waals surface area contributed by atoms with E-state index in [1.807, 2.05) is 6.92 Å². The molecule has 2 aromatic rings. The van der Waals surface area contributed by atoms with Gasteiger partial charge in [0, 0.05) is 5.69 Å². The van der Waals surface area contributed by atoms with Crippen LogP contribution < -0.4 is 0 Å². The van der Waals surface area contributed by atoms with Gasteiger partial charge in [-0.15, -0.1) is 0 Å². The molecule has 1 nitrogen and oxygen atoms in total. The fourth-order valence-electron chi connectivity index (χ4n) is 2.56. The fourth-order valence-corrected chi connectivity index (χ4v) is 2.94. The highest BCUT2D eigenvalue weighted by molar-refractivity contribution is 6.36. The second-order valence-corrected chi connectivity index (χ2v) is 5.02. The van der Waals surface area contributed by atoms with E-state index < -0.39 is 0 Å². The summed E-state index contributed by atoms with van der Waals surface area (Å²) in [5.41, 5.74) is 3.81. The van der Waals surface area contributed by atoms with Gasteiger partial charge in [0.15, 0.2) is 0 Å². The maximum atomic E-state index is 13.9. The number of aromatic nitrogens is 1. The van der Waals surface area contributed by atoms with E-state index in [2.05, 4.69) is 4.98 Å². The molecule has 0 unspecified atom stereocenters. The molecule has 17 heavy (non-hydrogen) atoms. The number of pyridine rings is 1. The Hall–Kier alpha value is -1.15. The van der Waals surface area contributed by atoms with Crippen LogP contribution >= 0.6 is 11.6 Å². The molecule has 0 bridgehead atoms. The van der Waals surface area contributed by atoms with Crippen molar-refractivity contribution in [2.24, 2.45) is 0 Å². The smallest absolute Gasteiger partial charge is 0.134 e. The first-order valence-corrected chi connectivity index (χ1v) is 6.32. The van der Waals surface area contributed by atoms with Gasteiger partial charge in [-0.05, 0) is 49.8 Å². The van der Waals surface area contributed by atoms with E-state index in [0.29, 0.717) is 10.4 Å². The molecule has 0 fully saturated rings. The molecule has 1 aliphatic carbocycles. The molecule has 3 heteroatoms. The molecule has 0 saturated heterocycles. The number of aryl methyl sites for hydroxylation is 2. The third-order valence-electron chi connectivity index (χ3n) is 3.50. The molecule has 1 aliphatic rings. The summed E-state index contributed by atoms with van der Waals surface area (Å²) in [4.78, 5) is 4.61. The Morgan fingerprint density at radius 3 is 2.82 bits per heavy atom. The Morgan fingerprint density at radius 1 is 1.24 bits per heavy atom. The molecule has 0 aliphatic heterocycles. The van der Waals surface area contributed by atoms with Crippen LogP contribution in [0.4, 0.5) is 4.39 Å². The summed E-state index contributed by atoms with van der Waals surface area (Å²) in [6.45, 7) is 1.94. The van der Waals surface area contributed by atoms with Crippen LogP contribution in [-0.2, 0) is 12.8 Å². The van der Waals surface area contributed by atoms with Crippen molar-refractivity contribution in [1.82, 2.24) is 4.98 Å². The van der Waals surface area contributed by atoms with Crippen LogP contribution in [0.3, 0.4) is 0 Å². The summed E-state index contributed by atoms with van der Waals surface area (Å²) in [7, 11) is 0. The highest BCUT2D eigenvalue weighted by atomic mass is 35.5. The maximum absolute atomic E-state index is 13.9. The molecule has 0 atom stereocenters. The van der Waals surface area contributed by atoms with Gasteiger partial charge in [0.05, 0.1) is 15.9 Å². The van der Waals surface area contributed by atoms with Gasteiger partial charge in [-0.2, -0.15) is 0 Å². The summed E-state index contributed by atoms with van der Waals surface area (Å²) in [6.07, 6.45) is 4.15. The van der Waals surface area contributed by atoms with Crippen molar-refractivity contribution >= 4 is 22.5 Å². The minimum absolute atomic E-state index is 0.267. The second kappa shape index (κ2) is 3.95. The molecule has 1 aromatic carbocycles. The van der Waals surface area contributed by atoms with E-state index in [0.717, 1.165) is 48.0 Å². The molecule has 0 amide bonds. The van der Waals surface area contributed by atoms with Crippen molar-refractivity contribution in [3.8, 4) is 0 Å². The van der Waals surface area contributed by atoms with Gasteiger partial charge in [-0.25, -0.2) is 4.39 Å². The van der Waals surface area contributed by atoms with Crippen LogP contribution in [-0.4, -0.2) is 4.98 Å². The predicted molar refractivity (Wildman–Crippen MR) is 68.1 cm³/mol. The lowest BCUT2D eigenvalue weighted by Crippen LogP contribution is -2.07. The molecule has 0 radical (unpaired) electrons. The van der Waals surface area contributed by atoms with Crippen molar-refractivity contribution in [2.45, 2.75) is 32.6 Å². The zero-order chi connectivity index (χ0) is 12.0. The Labute approximate surface area is 105 Å². The minimum Gasteiger partial charge on any atom is -0.252 e. The Morgan fingerprint density at radius 2 is 2.00 bits per heavy atom. The summed E-state index contributed by atoms with van der Waals surface area (Å²) in [6, 6.07) is 3.23. The van der Waals surface area contributed by atoms with Gasteiger partial charge in [0.2, 0.25) is 0 Å². The van der Waals surface area contributed by atoms with Crippen LogP contribution in [0.2, 0.25) is 5.02 Å². The van der Waals surface area contributed by atoms with Crippen molar-refractivity contribution < 1.29 is 4.39 Å². The largest absolute Gasteiger partial charge is 0.252 e. The Balaban J connectivity index is 2.44. The quantitative estimate of drug-likeness (QED) is 0.681. The van der Waals surface area contributed by atoms with Crippen molar-refractivity contribution in [3.63, 3.8) is 0 Å². The van der Waals surface area contributed by atoms with Gasteiger partial charge in [0.25, 0.3) is 0 Å². The first kappa shape index (κ1) is 11.0. The van der Waals surface area contributed by atoms with Gasteiger partial charge >= 0.3 is 0 Å². The lowest BCUT2D eigenvalue weighted by Gasteiger charge is -2.18. The molecule has 0 saturated carbocycles. The molecule has 0 spiro atoms. The number of hydrogen-bond donors (Lipinski definition) is 0. The zero-order valence-corrected chi connectivity index (χ0v) is 10.4. The molecule has 1 aromatic heterocycles. The molecule has 88 valence electrons. The van der Waals surface area contributed by atoms with Gasteiger partial charge in [0.1, 0.15) is 5.82 Å². The lowest BCUT2D eigenvalue weighted by molar-refractivity contribution is 0.636. The first-order valence-electron chi connectivity index (χ1n) is 5.94. The number of hydrogen-bond acceptors (Lipinski definition) is 1. The monoisotopic (exact) mass is 249 g/mol.